The minimum atomic E-state index is -0.282. The van der Waals surface area contributed by atoms with Crippen LogP contribution in [0.3, 0.4) is 0 Å². The average Bonchev–Trinajstić information content (AvgIpc) is 2.56. The summed E-state index contributed by atoms with van der Waals surface area (Å²) in [4.78, 5) is 23.8. The van der Waals surface area contributed by atoms with E-state index in [1.165, 1.54) is 0 Å². The van der Waals surface area contributed by atoms with E-state index in [1.54, 1.807) is 24.3 Å². The third-order valence-corrected chi connectivity index (χ3v) is 3.44. The predicted octanol–water partition coefficient (Wildman–Crippen LogP) is 3.93. The third kappa shape index (κ3) is 6.84. The van der Waals surface area contributed by atoms with Crippen LogP contribution < -0.4 is 20.7 Å². The molecule has 0 saturated heterocycles. The Kier molecular flexibility index (Phi) is 7.02. The fourth-order valence-corrected chi connectivity index (χ4v) is 2.22. The van der Waals surface area contributed by atoms with E-state index >= 15 is 0 Å². The van der Waals surface area contributed by atoms with Gasteiger partial charge in [-0.2, -0.15) is 0 Å². The standard InChI is InChI=1S/C20H25N3O3/c1-14(2)21-20(25)23-17-6-4-5-16(13-17)22-19(24)11-12-26-18-9-7-15(3)8-10-18/h4-10,13-14H,11-12H2,1-3H3,(H,22,24)(H2,21,23,25). The van der Waals surface area contributed by atoms with Crippen LogP contribution in [0.25, 0.3) is 0 Å². The van der Waals surface area contributed by atoms with Crippen molar-refractivity contribution in [1.29, 1.82) is 0 Å². The van der Waals surface area contributed by atoms with Crippen LogP contribution in [0.15, 0.2) is 48.5 Å². The molecule has 26 heavy (non-hydrogen) atoms. The van der Waals surface area contributed by atoms with Gasteiger partial charge >= 0.3 is 6.03 Å². The van der Waals surface area contributed by atoms with Gasteiger partial charge in [0.15, 0.2) is 0 Å². The van der Waals surface area contributed by atoms with Gasteiger partial charge in [0, 0.05) is 17.4 Å². The molecule has 2 aromatic carbocycles. The van der Waals surface area contributed by atoms with Crippen LogP contribution in [0, 0.1) is 6.92 Å². The Morgan fingerprint density at radius 2 is 1.65 bits per heavy atom. The van der Waals surface area contributed by atoms with Gasteiger partial charge in [0.25, 0.3) is 0 Å². The molecular weight excluding hydrogens is 330 g/mol. The normalized spacial score (nSPS) is 10.3. The fraction of sp³-hybridized carbons (Fsp3) is 0.300. The van der Waals surface area contributed by atoms with E-state index in [0.29, 0.717) is 18.0 Å². The number of carbonyl (C=O) groups excluding carboxylic acids is 2. The average molecular weight is 355 g/mol. The minimum Gasteiger partial charge on any atom is -0.493 e. The van der Waals surface area contributed by atoms with Gasteiger partial charge in [0.2, 0.25) is 5.91 Å². The van der Waals surface area contributed by atoms with E-state index < -0.39 is 0 Å². The van der Waals surface area contributed by atoms with Gasteiger partial charge in [-0.25, -0.2) is 4.79 Å². The van der Waals surface area contributed by atoms with Crippen molar-refractivity contribution < 1.29 is 14.3 Å². The van der Waals surface area contributed by atoms with Gasteiger partial charge in [-0.15, -0.1) is 0 Å². The zero-order chi connectivity index (χ0) is 18.9. The number of urea groups is 1. The van der Waals surface area contributed by atoms with E-state index in [4.69, 9.17) is 4.74 Å². The second-order valence-corrected chi connectivity index (χ2v) is 6.29. The van der Waals surface area contributed by atoms with Gasteiger partial charge in [0.1, 0.15) is 5.75 Å². The van der Waals surface area contributed by atoms with Crippen LogP contribution in [0.5, 0.6) is 5.75 Å². The first-order valence-corrected chi connectivity index (χ1v) is 8.59. The molecule has 0 fully saturated rings. The first kappa shape index (κ1) is 19.3. The van der Waals surface area contributed by atoms with Crippen LogP contribution in [0.4, 0.5) is 16.2 Å². The molecule has 0 aliphatic carbocycles. The van der Waals surface area contributed by atoms with E-state index in [9.17, 15) is 9.59 Å². The van der Waals surface area contributed by atoms with Crippen LogP contribution in [0.2, 0.25) is 0 Å². The van der Waals surface area contributed by atoms with Crippen LogP contribution in [-0.2, 0) is 4.79 Å². The van der Waals surface area contributed by atoms with Gasteiger partial charge in [-0.3, -0.25) is 4.79 Å². The monoisotopic (exact) mass is 355 g/mol. The lowest BCUT2D eigenvalue weighted by Gasteiger charge is -2.11. The Bertz CT molecular complexity index is 742. The minimum absolute atomic E-state index is 0.0476. The summed E-state index contributed by atoms with van der Waals surface area (Å²) in [6.07, 6.45) is 0.235. The number of benzene rings is 2. The van der Waals surface area contributed by atoms with Crippen molar-refractivity contribution >= 4 is 23.3 Å². The molecule has 0 heterocycles. The highest BCUT2D eigenvalue weighted by molar-refractivity contribution is 5.93. The maximum absolute atomic E-state index is 12.0. The largest absolute Gasteiger partial charge is 0.493 e. The number of hydrogen-bond donors (Lipinski definition) is 3. The Morgan fingerprint density at radius 1 is 1.00 bits per heavy atom. The lowest BCUT2D eigenvalue weighted by Crippen LogP contribution is -2.34. The SMILES string of the molecule is Cc1ccc(OCCC(=O)Nc2cccc(NC(=O)NC(C)C)c2)cc1. The highest BCUT2D eigenvalue weighted by Gasteiger charge is 2.06. The van der Waals surface area contributed by atoms with Crippen molar-refractivity contribution in [3.05, 3.63) is 54.1 Å². The van der Waals surface area contributed by atoms with Crippen molar-refractivity contribution in [2.24, 2.45) is 0 Å². The highest BCUT2D eigenvalue weighted by Crippen LogP contribution is 2.16. The van der Waals surface area contributed by atoms with Gasteiger partial charge in [0.05, 0.1) is 13.0 Å². The molecule has 0 aliphatic heterocycles. The van der Waals surface area contributed by atoms with Crippen molar-refractivity contribution in [1.82, 2.24) is 5.32 Å². The molecule has 0 atom stereocenters. The number of rotatable bonds is 7. The van der Waals surface area contributed by atoms with Crippen molar-refractivity contribution in [3.63, 3.8) is 0 Å². The molecule has 2 aromatic rings. The van der Waals surface area contributed by atoms with Crippen molar-refractivity contribution in [2.45, 2.75) is 33.2 Å². The fourth-order valence-electron chi connectivity index (χ4n) is 2.22. The summed E-state index contributed by atoms with van der Waals surface area (Å²) in [5, 5.41) is 8.28. The molecule has 0 unspecified atom stereocenters. The second kappa shape index (κ2) is 9.46. The summed E-state index contributed by atoms with van der Waals surface area (Å²) in [7, 11) is 0. The maximum atomic E-state index is 12.0. The Morgan fingerprint density at radius 3 is 2.31 bits per heavy atom. The quantitative estimate of drug-likeness (QED) is 0.704. The first-order chi connectivity index (χ1) is 12.4. The van der Waals surface area contributed by atoms with E-state index in [0.717, 1.165) is 11.3 Å². The molecule has 0 aromatic heterocycles. The first-order valence-electron chi connectivity index (χ1n) is 8.59. The molecule has 0 spiro atoms. The van der Waals surface area contributed by atoms with Crippen LogP contribution in [-0.4, -0.2) is 24.6 Å². The van der Waals surface area contributed by atoms with Crippen LogP contribution in [0.1, 0.15) is 25.8 Å². The molecule has 6 heteroatoms. The third-order valence-electron chi connectivity index (χ3n) is 3.44. The summed E-state index contributed by atoms with van der Waals surface area (Å²) < 4.78 is 5.56. The summed E-state index contributed by atoms with van der Waals surface area (Å²) in [6.45, 7) is 6.07. The van der Waals surface area contributed by atoms with Gasteiger partial charge in [-0.1, -0.05) is 23.8 Å². The number of ether oxygens (including phenoxy) is 1. The lowest BCUT2D eigenvalue weighted by atomic mass is 10.2. The molecule has 3 amide bonds. The Balaban J connectivity index is 1.80. The second-order valence-electron chi connectivity index (χ2n) is 6.29. The molecule has 0 radical (unpaired) electrons. The van der Waals surface area contributed by atoms with E-state index in [-0.39, 0.29) is 24.4 Å². The molecular formula is C20H25N3O3. The van der Waals surface area contributed by atoms with Crippen molar-refractivity contribution in [3.8, 4) is 5.75 Å². The maximum Gasteiger partial charge on any atom is 0.319 e. The number of aryl methyl sites for hydroxylation is 1. The molecule has 0 aliphatic rings. The number of nitrogens with one attached hydrogen (secondary N) is 3. The molecule has 0 saturated carbocycles. The van der Waals surface area contributed by atoms with Gasteiger partial charge in [-0.05, 0) is 51.1 Å². The number of carbonyl (C=O) groups is 2. The van der Waals surface area contributed by atoms with E-state index in [2.05, 4.69) is 16.0 Å². The molecule has 2 rings (SSSR count). The van der Waals surface area contributed by atoms with E-state index in [1.807, 2.05) is 45.0 Å². The molecule has 3 N–H and O–H groups in total. The molecule has 0 bridgehead atoms. The Labute approximate surface area is 153 Å². The summed E-state index contributed by atoms with van der Waals surface area (Å²) in [5.41, 5.74) is 2.38. The zero-order valence-corrected chi connectivity index (χ0v) is 15.3. The van der Waals surface area contributed by atoms with Gasteiger partial charge < -0.3 is 20.7 Å². The van der Waals surface area contributed by atoms with Crippen molar-refractivity contribution in [2.75, 3.05) is 17.2 Å². The predicted molar refractivity (Wildman–Crippen MR) is 104 cm³/mol. The molecule has 6 nitrogen and oxygen atoms in total. The summed E-state index contributed by atoms with van der Waals surface area (Å²) in [6, 6.07) is 14.4. The Hall–Kier alpha value is -3.02. The topological polar surface area (TPSA) is 79.5 Å². The number of anilines is 2. The number of amides is 3. The summed E-state index contributed by atoms with van der Waals surface area (Å²) in [5.74, 6) is 0.589. The zero-order valence-electron chi connectivity index (χ0n) is 15.3. The molecule has 138 valence electrons. The highest BCUT2D eigenvalue weighted by atomic mass is 16.5. The lowest BCUT2D eigenvalue weighted by molar-refractivity contribution is -0.116. The van der Waals surface area contributed by atoms with Crippen LogP contribution >= 0.6 is 0 Å². The smallest absolute Gasteiger partial charge is 0.319 e. The summed E-state index contributed by atoms with van der Waals surface area (Å²) >= 11 is 0. The number of hydrogen-bond acceptors (Lipinski definition) is 3.